The third-order valence-corrected chi connectivity index (χ3v) is 3.17. The number of aromatic nitrogens is 1. The maximum atomic E-state index is 11.0. The summed E-state index contributed by atoms with van der Waals surface area (Å²) in [6.45, 7) is 3.24. The Morgan fingerprint density at radius 2 is 2.06 bits per heavy atom. The van der Waals surface area contributed by atoms with Crippen molar-refractivity contribution in [2.45, 2.75) is 19.4 Å². The Balaban J connectivity index is 2.09. The number of hydrogen-bond acceptors (Lipinski definition) is 4. The standard InChI is InChI=1S/C11H15N3O4/c15-11(16)10-7-9(14(17)18)8-13(10)6-5-12-3-1-2-4-12/h7-8H,1-6H2,(H,15,16). The van der Waals surface area contributed by atoms with E-state index in [0.717, 1.165) is 38.5 Å². The molecule has 1 aromatic rings. The highest BCUT2D eigenvalue weighted by Crippen LogP contribution is 2.17. The van der Waals surface area contributed by atoms with Gasteiger partial charge in [0.25, 0.3) is 5.69 Å². The number of rotatable bonds is 5. The first kappa shape index (κ1) is 12.6. The van der Waals surface area contributed by atoms with Gasteiger partial charge in [-0.3, -0.25) is 10.1 Å². The van der Waals surface area contributed by atoms with Crippen LogP contribution in [0.15, 0.2) is 12.3 Å². The van der Waals surface area contributed by atoms with Gasteiger partial charge in [0, 0.05) is 19.2 Å². The summed E-state index contributed by atoms with van der Waals surface area (Å²) in [4.78, 5) is 23.3. The second-order valence-corrected chi connectivity index (χ2v) is 4.39. The number of aromatic carboxylic acids is 1. The van der Waals surface area contributed by atoms with Crippen LogP contribution in [-0.4, -0.2) is 45.1 Å². The Morgan fingerprint density at radius 1 is 1.39 bits per heavy atom. The van der Waals surface area contributed by atoms with Crippen LogP contribution in [0.5, 0.6) is 0 Å². The summed E-state index contributed by atoms with van der Waals surface area (Å²) in [6.07, 6.45) is 3.62. The zero-order valence-corrected chi connectivity index (χ0v) is 9.91. The lowest BCUT2D eigenvalue weighted by Gasteiger charge is -2.15. The van der Waals surface area contributed by atoms with Crippen LogP contribution >= 0.6 is 0 Å². The Bertz CT molecular complexity index is 463. The lowest BCUT2D eigenvalue weighted by atomic mass is 10.4. The molecule has 0 atom stereocenters. The summed E-state index contributed by atoms with van der Waals surface area (Å²) in [7, 11) is 0. The summed E-state index contributed by atoms with van der Waals surface area (Å²) in [5.41, 5.74) is -0.199. The Labute approximate surface area is 104 Å². The molecule has 98 valence electrons. The van der Waals surface area contributed by atoms with E-state index in [0.29, 0.717) is 6.54 Å². The Hall–Kier alpha value is -1.89. The number of likely N-dealkylation sites (tertiary alicyclic amines) is 1. The van der Waals surface area contributed by atoms with Crippen molar-refractivity contribution >= 4 is 11.7 Å². The minimum Gasteiger partial charge on any atom is -0.477 e. The molecule has 1 saturated heterocycles. The van der Waals surface area contributed by atoms with Crippen molar-refractivity contribution in [2.75, 3.05) is 19.6 Å². The quantitative estimate of drug-likeness (QED) is 0.629. The van der Waals surface area contributed by atoms with Crippen LogP contribution in [0, 0.1) is 10.1 Å². The fraction of sp³-hybridized carbons (Fsp3) is 0.545. The zero-order chi connectivity index (χ0) is 13.1. The number of carboxylic acid groups (broad SMARTS) is 1. The number of carbonyl (C=O) groups is 1. The average molecular weight is 253 g/mol. The van der Waals surface area contributed by atoms with Gasteiger partial charge < -0.3 is 14.6 Å². The molecule has 0 amide bonds. The summed E-state index contributed by atoms with van der Waals surface area (Å²) in [5.74, 6) is -1.13. The van der Waals surface area contributed by atoms with E-state index in [1.54, 1.807) is 0 Å². The third kappa shape index (κ3) is 2.67. The van der Waals surface area contributed by atoms with E-state index in [9.17, 15) is 14.9 Å². The van der Waals surface area contributed by atoms with Crippen molar-refractivity contribution in [3.63, 3.8) is 0 Å². The summed E-state index contributed by atoms with van der Waals surface area (Å²) < 4.78 is 1.44. The summed E-state index contributed by atoms with van der Waals surface area (Å²) >= 11 is 0. The smallest absolute Gasteiger partial charge is 0.352 e. The molecule has 2 rings (SSSR count). The highest BCUT2D eigenvalue weighted by molar-refractivity contribution is 5.86. The SMILES string of the molecule is O=C(O)c1cc([N+](=O)[O-])cn1CCN1CCCC1. The molecule has 1 aliphatic rings. The first-order chi connectivity index (χ1) is 8.58. The molecule has 1 aliphatic heterocycles. The number of nitro groups is 1. The lowest BCUT2D eigenvalue weighted by Crippen LogP contribution is -2.25. The van der Waals surface area contributed by atoms with Gasteiger partial charge in [0.2, 0.25) is 0 Å². The molecule has 0 spiro atoms. The zero-order valence-electron chi connectivity index (χ0n) is 9.91. The van der Waals surface area contributed by atoms with Gasteiger partial charge in [0.15, 0.2) is 0 Å². The van der Waals surface area contributed by atoms with Crippen LogP contribution in [-0.2, 0) is 6.54 Å². The van der Waals surface area contributed by atoms with Gasteiger partial charge >= 0.3 is 5.97 Å². The highest BCUT2D eigenvalue weighted by atomic mass is 16.6. The molecule has 7 heteroatoms. The van der Waals surface area contributed by atoms with E-state index in [2.05, 4.69) is 4.90 Å². The van der Waals surface area contributed by atoms with E-state index in [1.807, 2.05) is 0 Å². The van der Waals surface area contributed by atoms with Gasteiger partial charge in [0.05, 0.1) is 11.1 Å². The highest BCUT2D eigenvalue weighted by Gasteiger charge is 2.19. The Morgan fingerprint density at radius 3 is 2.61 bits per heavy atom. The van der Waals surface area contributed by atoms with Crippen molar-refractivity contribution < 1.29 is 14.8 Å². The average Bonchev–Trinajstić information content (AvgIpc) is 2.95. The van der Waals surface area contributed by atoms with E-state index in [-0.39, 0.29) is 11.4 Å². The molecule has 1 N–H and O–H groups in total. The van der Waals surface area contributed by atoms with Crippen LogP contribution in [0.4, 0.5) is 5.69 Å². The minimum absolute atomic E-state index is 0.0269. The van der Waals surface area contributed by atoms with Gasteiger partial charge in [0.1, 0.15) is 5.69 Å². The predicted molar refractivity (Wildman–Crippen MR) is 63.7 cm³/mol. The summed E-state index contributed by atoms with van der Waals surface area (Å²) in [6, 6.07) is 1.10. The van der Waals surface area contributed by atoms with Crippen LogP contribution < -0.4 is 0 Å². The lowest BCUT2D eigenvalue weighted by molar-refractivity contribution is -0.384. The maximum absolute atomic E-state index is 11.0. The minimum atomic E-state index is -1.13. The normalized spacial score (nSPS) is 16.0. The second-order valence-electron chi connectivity index (χ2n) is 4.39. The molecule has 0 aromatic carbocycles. The predicted octanol–water partition coefficient (Wildman–Crippen LogP) is 1.19. The molecule has 18 heavy (non-hydrogen) atoms. The molecule has 0 unspecified atom stereocenters. The number of carboxylic acids is 1. The molecule has 0 bridgehead atoms. The van der Waals surface area contributed by atoms with Crippen LogP contribution in [0.1, 0.15) is 23.3 Å². The molecule has 1 aromatic heterocycles. The van der Waals surface area contributed by atoms with Crippen LogP contribution in [0.25, 0.3) is 0 Å². The second kappa shape index (κ2) is 5.18. The fourth-order valence-corrected chi connectivity index (χ4v) is 2.21. The van der Waals surface area contributed by atoms with E-state index < -0.39 is 10.9 Å². The molecule has 7 nitrogen and oxygen atoms in total. The van der Waals surface area contributed by atoms with Crippen LogP contribution in [0.3, 0.4) is 0 Å². The van der Waals surface area contributed by atoms with Gasteiger partial charge in [-0.1, -0.05) is 0 Å². The maximum Gasteiger partial charge on any atom is 0.352 e. The van der Waals surface area contributed by atoms with Crippen molar-refractivity contribution in [1.82, 2.24) is 9.47 Å². The van der Waals surface area contributed by atoms with Crippen molar-refractivity contribution in [1.29, 1.82) is 0 Å². The van der Waals surface area contributed by atoms with Crippen molar-refractivity contribution in [3.8, 4) is 0 Å². The van der Waals surface area contributed by atoms with E-state index >= 15 is 0 Å². The summed E-state index contributed by atoms with van der Waals surface area (Å²) in [5, 5.41) is 19.6. The van der Waals surface area contributed by atoms with E-state index in [1.165, 1.54) is 10.8 Å². The largest absolute Gasteiger partial charge is 0.477 e. The number of hydrogen-bond donors (Lipinski definition) is 1. The topological polar surface area (TPSA) is 88.6 Å². The fourth-order valence-electron chi connectivity index (χ4n) is 2.21. The van der Waals surface area contributed by atoms with E-state index in [4.69, 9.17) is 5.11 Å². The van der Waals surface area contributed by atoms with Crippen LogP contribution in [0.2, 0.25) is 0 Å². The molecule has 0 saturated carbocycles. The van der Waals surface area contributed by atoms with Gasteiger partial charge in [-0.2, -0.15) is 0 Å². The monoisotopic (exact) mass is 253 g/mol. The molecule has 2 heterocycles. The number of nitrogens with zero attached hydrogens (tertiary/aromatic N) is 3. The molecule has 0 radical (unpaired) electrons. The van der Waals surface area contributed by atoms with Crippen molar-refractivity contribution in [3.05, 3.63) is 28.1 Å². The third-order valence-electron chi connectivity index (χ3n) is 3.17. The molecular formula is C11H15N3O4. The van der Waals surface area contributed by atoms with Gasteiger partial charge in [-0.25, -0.2) is 4.79 Å². The Kier molecular flexibility index (Phi) is 3.61. The van der Waals surface area contributed by atoms with Crippen molar-refractivity contribution in [2.24, 2.45) is 0 Å². The molecule has 1 fully saturated rings. The first-order valence-corrected chi connectivity index (χ1v) is 5.88. The molecule has 0 aliphatic carbocycles. The van der Waals surface area contributed by atoms with Gasteiger partial charge in [-0.05, 0) is 25.9 Å². The van der Waals surface area contributed by atoms with Gasteiger partial charge in [-0.15, -0.1) is 0 Å². The molecular weight excluding hydrogens is 238 g/mol. The first-order valence-electron chi connectivity index (χ1n) is 5.88.